The molecule has 0 atom stereocenters. The van der Waals surface area contributed by atoms with Crippen LogP contribution in [0.15, 0.2) is 31.1 Å². The van der Waals surface area contributed by atoms with Gasteiger partial charge < -0.3 is 20.5 Å². The topological polar surface area (TPSA) is 93.2 Å². The van der Waals surface area contributed by atoms with E-state index in [9.17, 15) is 9.59 Å². The van der Waals surface area contributed by atoms with Crippen LogP contribution in [0, 0.1) is 0 Å². The van der Waals surface area contributed by atoms with Crippen molar-refractivity contribution in [1.82, 2.24) is 14.5 Å². The maximum atomic E-state index is 12.3. The van der Waals surface area contributed by atoms with Gasteiger partial charge in [-0.3, -0.25) is 4.79 Å². The van der Waals surface area contributed by atoms with E-state index < -0.39 is 5.91 Å². The lowest BCUT2D eigenvalue weighted by Crippen LogP contribution is -2.38. The minimum Gasteiger partial charge on any atom is -0.366 e. The van der Waals surface area contributed by atoms with E-state index in [0.29, 0.717) is 28.8 Å². The molecule has 0 spiro atoms. The summed E-state index contributed by atoms with van der Waals surface area (Å²) in [6, 6.07) is 1.60. The third-order valence-electron chi connectivity index (χ3n) is 4.20. The average Bonchev–Trinajstić information content (AvgIpc) is 2.94. The zero-order valence-corrected chi connectivity index (χ0v) is 13.5. The van der Waals surface area contributed by atoms with Crippen molar-refractivity contribution in [3.05, 3.63) is 36.7 Å². The fourth-order valence-electron chi connectivity index (χ4n) is 3.01. The molecular formula is C17H21N5O2. The number of nitrogens with two attached hydrogens (primary N) is 1. The molecule has 7 nitrogen and oxygen atoms in total. The number of piperidine rings is 1. The number of likely N-dealkylation sites (tertiary alicyclic amines) is 1. The number of aromatic nitrogens is 2. The number of hydrogen-bond donors (Lipinski definition) is 2. The number of primary amides is 1. The predicted molar refractivity (Wildman–Crippen MR) is 92.9 cm³/mol. The monoisotopic (exact) mass is 327 g/mol. The lowest BCUT2D eigenvalue weighted by atomic mass is 10.1. The molecule has 0 bridgehead atoms. The SMILES string of the molecule is C=CCn1cc(C(N)=O)c2cc(NC(=O)N3CCCCC3)cnc21. The molecular weight excluding hydrogens is 306 g/mol. The number of hydrogen-bond acceptors (Lipinski definition) is 3. The van der Waals surface area contributed by atoms with Crippen LogP contribution in [0.4, 0.5) is 10.5 Å². The molecule has 0 saturated carbocycles. The molecule has 24 heavy (non-hydrogen) atoms. The van der Waals surface area contributed by atoms with Gasteiger partial charge in [0.1, 0.15) is 5.65 Å². The van der Waals surface area contributed by atoms with Gasteiger partial charge in [0, 0.05) is 31.2 Å². The number of pyridine rings is 1. The van der Waals surface area contributed by atoms with Crippen LogP contribution in [0.2, 0.25) is 0 Å². The molecule has 3 N–H and O–H groups in total. The normalized spacial score (nSPS) is 14.6. The highest BCUT2D eigenvalue weighted by molar-refractivity contribution is 6.06. The van der Waals surface area contributed by atoms with E-state index in [0.717, 1.165) is 32.4 Å². The third kappa shape index (κ3) is 3.10. The second-order valence-electron chi connectivity index (χ2n) is 5.92. The van der Waals surface area contributed by atoms with E-state index >= 15 is 0 Å². The molecule has 3 heterocycles. The zero-order valence-electron chi connectivity index (χ0n) is 13.5. The van der Waals surface area contributed by atoms with Crippen LogP contribution in [0.1, 0.15) is 29.6 Å². The Balaban J connectivity index is 1.89. The summed E-state index contributed by atoms with van der Waals surface area (Å²) in [5.74, 6) is -0.524. The first kappa shape index (κ1) is 16.0. The smallest absolute Gasteiger partial charge is 0.321 e. The summed E-state index contributed by atoms with van der Waals surface area (Å²) in [7, 11) is 0. The summed E-state index contributed by atoms with van der Waals surface area (Å²) >= 11 is 0. The van der Waals surface area contributed by atoms with Gasteiger partial charge in [-0.25, -0.2) is 9.78 Å². The molecule has 2 aromatic rings. The Morgan fingerprint density at radius 3 is 2.75 bits per heavy atom. The van der Waals surface area contributed by atoms with Gasteiger partial charge in [0.2, 0.25) is 0 Å². The van der Waals surface area contributed by atoms with E-state index in [1.54, 1.807) is 34.0 Å². The highest BCUT2D eigenvalue weighted by Crippen LogP contribution is 2.23. The van der Waals surface area contributed by atoms with Crippen LogP contribution < -0.4 is 11.1 Å². The first-order valence-corrected chi connectivity index (χ1v) is 8.05. The standard InChI is InChI=1S/C17H21N5O2/c1-2-6-22-11-14(15(18)23)13-9-12(10-19-16(13)22)20-17(24)21-7-4-3-5-8-21/h2,9-11H,1,3-8H2,(H2,18,23)(H,20,24). The number of fused-ring (bicyclic) bond motifs is 1. The predicted octanol–water partition coefficient (Wildman–Crippen LogP) is 2.34. The summed E-state index contributed by atoms with van der Waals surface area (Å²) in [6.45, 7) is 5.76. The van der Waals surface area contributed by atoms with Gasteiger partial charge in [-0.15, -0.1) is 6.58 Å². The Morgan fingerprint density at radius 1 is 1.33 bits per heavy atom. The number of nitrogens with one attached hydrogen (secondary N) is 1. The van der Waals surface area contributed by atoms with Gasteiger partial charge >= 0.3 is 6.03 Å². The number of carbonyl (C=O) groups excluding carboxylic acids is 2. The van der Waals surface area contributed by atoms with E-state index in [-0.39, 0.29) is 6.03 Å². The first-order valence-electron chi connectivity index (χ1n) is 8.05. The minimum absolute atomic E-state index is 0.137. The molecule has 0 aromatic carbocycles. The van der Waals surface area contributed by atoms with E-state index in [2.05, 4.69) is 16.9 Å². The quantitative estimate of drug-likeness (QED) is 0.844. The number of urea groups is 1. The van der Waals surface area contributed by atoms with Crippen LogP contribution >= 0.6 is 0 Å². The molecule has 0 radical (unpaired) electrons. The molecule has 0 aliphatic carbocycles. The Hall–Kier alpha value is -2.83. The second kappa shape index (κ2) is 6.74. The van der Waals surface area contributed by atoms with E-state index in [4.69, 9.17) is 5.73 Å². The summed E-state index contributed by atoms with van der Waals surface area (Å²) in [6.07, 6.45) is 8.20. The van der Waals surface area contributed by atoms with Crippen molar-refractivity contribution in [3.63, 3.8) is 0 Å². The number of amides is 3. The van der Waals surface area contributed by atoms with Crippen molar-refractivity contribution in [2.45, 2.75) is 25.8 Å². The molecule has 3 amide bonds. The number of carbonyl (C=O) groups is 2. The van der Waals surface area contributed by atoms with Gasteiger partial charge in [-0.2, -0.15) is 0 Å². The van der Waals surface area contributed by atoms with Gasteiger partial charge in [-0.1, -0.05) is 6.08 Å². The van der Waals surface area contributed by atoms with Crippen LogP contribution in [0.3, 0.4) is 0 Å². The van der Waals surface area contributed by atoms with Crippen molar-refractivity contribution >= 4 is 28.7 Å². The molecule has 1 saturated heterocycles. The molecule has 2 aromatic heterocycles. The van der Waals surface area contributed by atoms with Crippen molar-refractivity contribution in [2.75, 3.05) is 18.4 Å². The van der Waals surface area contributed by atoms with Crippen molar-refractivity contribution in [1.29, 1.82) is 0 Å². The van der Waals surface area contributed by atoms with Crippen LogP contribution in [0.25, 0.3) is 11.0 Å². The Labute approximate surface area is 140 Å². The molecule has 1 aliphatic rings. The van der Waals surface area contributed by atoms with E-state index in [1.807, 2.05) is 0 Å². The average molecular weight is 327 g/mol. The Bertz CT molecular complexity index is 790. The van der Waals surface area contributed by atoms with Crippen molar-refractivity contribution < 1.29 is 9.59 Å². The minimum atomic E-state index is -0.524. The number of anilines is 1. The maximum absolute atomic E-state index is 12.3. The molecule has 1 fully saturated rings. The van der Waals surface area contributed by atoms with Crippen molar-refractivity contribution in [2.24, 2.45) is 5.73 Å². The van der Waals surface area contributed by atoms with Crippen molar-refractivity contribution in [3.8, 4) is 0 Å². The molecule has 7 heteroatoms. The first-order chi connectivity index (χ1) is 11.6. The Kier molecular flexibility index (Phi) is 4.50. The molecule has 3 rings (SSSR count). The van der Waals surface area contributed by atoms with Gasteiger partial charge in [0.05, 0.1) is 17.4 Å². The lowest BCUT2D eigenvalue weighted by molar-refractivity contribution is 0.100. The third-order valence-corrected chi connectivity index (χ3v) is 4.20. The number of nitrogens with zero attached hydrogens (tertiary/aromatic N) is 3. The zero-order chi connectivity index (χ0) is 17.1. The van der Waals surface area contributed by atoms with Gasteiger partial charge in [0.25, 0.3) is 5.91 Å². The highest BCUT2D eigenvalue weighted by Gasteiger charge is 2.18. The van der Waals surface area contributed by atoms with Crippen LogP contribution in [-0.4, -0.2) is 39.5 Å². The van der Waals surface area contributed by atoms with E-state index in [1.165, 1.54) is 0 Å². The lowest BCUT2D eigenvalue weighted by Gasteiger charge is -2.26. The van der Waals surface area contributed by atoms with Gasteiger partial charge in [0.15, 0.2) is 0 Å². The Morgan fingerprint density at radius 2 is 2.08 bits per heavy atom. The summed E-state index contributed by atoms with van der Waals surface area (Å²) in [4.78, 5) is 30.2. The molecule has 1 aliphatic heterocycles. The number of allylic oxidation sites excluding steroid dienone is 1. The summed E-state index contributed by atoms with van der Waals surface area (Å²) in [5, 5.41) is 3.48. The van der Waals surface area contributed by atoms with Gasteiger partial charge in [-0.05, 0) is 25.3 Å². The fraction of sp³-hybridized carbons (Fsp3) is 0.353. The number of rotatable bonds is 4. The summed E-state index contributed by atoms with van der Waals surface area (Å²) < 4.78 is 1.80. The largest absolute Gasteiger partial charge is 0.366 e. The molecule has 126 valence electrons. The second-order valence-corrected chi connectivity index (χ2v) is 5.92. The molecule has 0 unspecified atom stereocenters. The van der Waals surface area contributed by atoms with Crippen LogP contribution in [0.5, 0.6) is 0 Å². The maximum Gasteiger partial charge on any atom is 0.321 e. The fourth-order valence-corrected chi connectivity index (χ4v) is 3.01. The highest BCUT2D eigenvalue weighted by atomic mass is 16.2. The van der Waals surface area contributed by atoms with Crippen LogP contribution in [-0.2, 0) is 6.54 Å². The summed E-state index contributed by atoms with van der Waals surface area (Å²) in [5.41, 5.74) is 7.03.